The molecule has 7 heteroatoms. The lowest BCUT2D eigenvalue weighted by Gasteiger charge is -2.32. The van der Waals surface area contributed by atoms with Gasteiger partial charge in [-0.1, -0.05) is 18.2 Å². The van der Waals surface area contributed by atoms with Gasteiger partial charge in [0.15, 0.2) is 0 Å². The SMILES string of the molecule is CC1Cc2ccccc2N1C(=O)c1cncc(C(=O)N2CCN(C=O)CC2)c1. The molecule has 144 valence electrons. The number of aromatic nitrogens is 1. The van der Waals surface area contributed by atoms with Crippen molar-refractivity contribution in [2.75, 3.05) is 31.1 Å². The molecule has 2 aromatic rings. The van der Waals surface area contributed by atoms with Gasteiger partial charge >= 0.3 is 0 Å². The second kappa shape index (κ2) is 7.42. The average Bonchev–Trinajstić information content (AvgIpc) is 3.08. The molecule has 1 fully saturated rings. The number of amides is 3. The van der Waals surface area contributed by atoms with E-state index in [2.05, 4.69) is 4.98 Å². The van der Waals surface area contributed by atoms with Gasteiger partial charge in [0.25, 0.3) is 11.8 Å². The van der Waals surface area contributed by atoms with Crippen LogP contribution in [0.4, 0.5) is 5.69 Å². The second-order valence-corrected chi connectivity index (χ2v) is 7.25. The first-order valence-corrected chi connectivity index (χ1v) is 9.43. The van der Waals surface area contributed by atoms with Crippen molar-refractivity contribution in [1.82, 2.24) is 14.8 Å². The molecule has 28 heavy (non-hydrogen) atoms. The second-order valence-electron chi connectivity index (χ2n) is 7.25. The molecule has 1 unspecified atom stereocenters. The number of carbonyl (C=O) groups excluding carboxylic acids is 3. The van der Waals surface area contributed by atoms with Gasteiger partial charge in [-0.2, -0.15) is 0 Å². The Labute approximate surface area is 163 Å². The molecule has 2 aliphatic rings. The van der Waals surface area contributed by atoms with Crippen molar-refractivity contribution in [3.63, 3.8) is 0 Å². The summed E-state index contributed by atoms with van der Waals surface area (Å²) in [6.07, 6.45) is 4.62. The molecule has 1 aromatic carbocycles. The van der Waals surface area contributed by atoms with Gasteiger partial charge in [0.1, 0.15) is 0 Å². The summed E-state index contributed by atoms with van der Waals surface area (Å²) in [6.45, 7) is 4.01. The summed E-state index contributed by atoms with van der Waals surface area (Å²) >= 11 is 0. The fourth-order valence-corrected chi connectivity index (χ4v) is 3.90. The normalized spacial score (nSPS) is 18.8. The largest absolute Gasteiger partial charge is 0.342 e. The van der Waals surface area contributed by atoms with Crippen LogP contribution in [0.2, 0.25) is 0 Å². The van der Waals surface area contributed by atoms with Gasteiger partial charge in [-0.3, -0.25) is 19.4 Å². The van der Waals surface area contributed by atoms with Gasteiger partial charge in [0, 0.05) is 50.3 Å². The zero-order valence-corrected chi connectivity index (χ0v) is 15.7. The Morgan fingerprint density at radius 2 is 1.71 bits per heavy atom. The summed E-state index contributed by atoms with van der Waals surface area (Å²) in [7, 11) is 0. The van der Waals surface area contributed by atoms with E-state index in [1.54, 1.807) is 20.8 Å². The summed E-state index contributed by atoms with van der Waals surface area (Å²) in [5.74, 6) is -0.312. The van der Waals surface area contributed by atoms with E-state index in [-0.39, 0.29) is 17.9 Å². The number of piperazine rings is 1. The van der Waals surface area contributed by atoms with Crippen molar-refractivity contribution in [3.8, 4) is 0 Å². The van der Waals surface area contributed by atoms with Gasteiger partial charge < -0.3 is 14.7 Å². The minimum absolute atomic E-state index is 0.0562. The molecule has 3 amide bonds. The third kappa shape index (κ3) is 3.24. The first-order valence-electron chi connectivity index (χ1n) is 9.43. The number of fused-ring (bicyclic) bond motifs is 1. The molecule has 3 heterocycles. The molecule has 7 nitrogen and oxygen atoms in total. The molecular weight excluding hydrogens is 356 g/mol. The van der Waals surface area contributed by atoms with E-state index in [1.165, 1.54) is 12.4 Å². The van der Waals surface area contributed by atoms with Crippen LogP contribution in [0.1, 0.15) is 33.2 Å². The first kappa shape index (κ1) is 18.2. The molecule has 1 saturated heterocycles. The molecule has 2 aliphatic heterocycles. The fourth-order valence-electron chi connectivity index (χ4n) is 3.90. The van der Waals surface area contributed by atoms with Crippen molar-refractivity contribution in [1.29, 1.82) is 0 Å². The minimum Gasteiger partial charge on any atom is -0.342 e. The van der Waals surface area contributed by atoms with E-state index in [0.29, 0.717) is 37.3 Å². The number of nitrogens with zero attached hydrogens (tertiary/aromatic N) is 4. The number of benzene rings is 1. The van der Waals surface area contributed by atoms with E-state index >= 15 is 0 Å². The van der Waals surface area contributed by atoms with Crippen LogP contribution in [-0.4, -0.2) is 65.2 Å². The van der Waals surface area contributed by atoms with Crippen LogP contribution in [0.3, 0.4) is 0 Å². The average molecular weight is 378 g/mol. The number of hydrogen-bond acceptors (Lipinski definition) is 4. The lowest BCUT2D eigenvalue weighted by Crippen LogP contribution is -2.48. The van der Waals surface area contributed by atoms with Crippen LogP contribution < -0.4 is 4.90 Å². The summed E-state index contributed by atoms with van der Waals surface area (Å²) < 4.78 is 0. The van der Waals surface area contributed by atoms with Crippen LogP contribution in [0.15, 0.2) is 42.7 Å². The highest BCUT2D eigenvalue weighted by molar-refractivity contribution is 6.08. The Hall–Kier alpha value is -3.22. The Bertz CT molecular complexity index is 921. The predicted octanol–water partition coefficient (Wildman–Crippen LogP) is 1.59. The van der Waals surface area contributed by atoms with Crippen molar-refractivity contribution < 1.29 is 14.4 Å². The van der Waals surface area contributed by atoms with Crippen molar-refractivity contribution in [2.45, 2.75) is 19.4 Å². The predicted molar refractivity (Wildman–Crippen MR) is 104 cm³/mol. The van der Waals surface area contributed by atoms with E-state index in [9.17, 15) is 14.4 Å². The molecule has 0 radical (unpaired) electrons. The standard InChI is InChI=1S/C21H22N4O3/c1-15-10-16-4-2-3-5-19(16)25(15)21(28)18-11-17(12-22-13-18)20(27)24-8-6-23(14-26)7-9-24/h2-5,11-15H,6-10H2,1H3. The zero-order chi connectivity index (χ0) is 19.7. The number of anilines is 1. The van der Waals surface area contributed by atoms with Gasteiger partial charge in [-0.05, 0) is 31.0 Å². The van der Waals surface area contributed by atoms with Crippen molar-refractivity contribution >= 4 is 23.9 Å². The maximum absolute atomic E-state index is 13.2. The van der Waals surface area contributed by atoms with Gasteiger partial charge in [-0.15, -0.1) is 0 Å². The highest BCUT2D eigenvalue weighted by Crippen LogP contribution is 2.33. The minimum atomic E-state index is -0.164. The summed E-state index contributed by atoms with van der Waals surface area (Å²) in [4.78, 5) is 46.1. The molecule has 0 spiro atoms. The summed E-state index contributed by atoms with van der Waals surface area (Å²) in [5.41, 5.74) is 2.87. The monoisotopic (exact) mass is 378 g/mol. The van der Waals surface area contributed by atoms with Gasteiger partial charge in [0.05, 0.1) is 11.1 Å². The van der Waals surface area contributed by atoms with Crippen molar-refractivity contribution in [2.24, 2.45) is 0 Å². The van der Waals surface area contributed by atoms with Crippen molar-refractivity contribution in [3.05, 3.63) is 59.4 Å². The molecule has 0 bridgehead atoms. The summed E-state index contributed by atoms with van der Waals surface area (Å²) in [6, 6.07) is 9.57. The lowest BCUT2D eigenvalue weighted by molar-refractivity contribution is -0.119. The molecule has 1 aromatic heterocycles. The van der Waals surface area contributed by atoms with E-state index in [0.717, 1.165) is 24.1 Å². The Morgan fingerprint density at radius 1 is 1.04 bits per heavy atom. The van der Waals surface area contributed by atoms with Crippen LogP contribution in [0, 0.1) is 0 Å². The number of para-hydroxylation sites is 1. The highest BCUT2D eigenvalue weighted by Gasteiger charge is 2.32. The molecular formula is C21H22N4O3. The van der Waals surface area contributed by atoms with E-state index in [4.69, 9.17) is 0 Å². The highest BCUT2D eigenvalue weighted by atomic mass is 16.2. The quantitative estimate of drug-likeness (QED) is 0.761. The zero-order valence-electron chi connectivity index (χ0n) is 15.7. The third-order valence-corrected chi connectivity index (χ3v) is 5.41. The summed E-state index contributed by atoms with van der Waals surface area (Å²) in [5, 5.41) is 0. The van der Waals surface area contributed by atoms with Crippen LogP contribution >= 0.6 is 0 Å². The van der Waals surface area contributed by atoms with Crippen LogP contribution in [0.25, 0.3) is 0 Å². The molecule has 1 atom stereocenters. The van der Waals surface area contributed by atoms with E-state index < -0.39 is 0 Å². The lowest BCUT2D eigenvalue weighted by atomic mass is 10.1. The third-order valence-electron chi connectivity index (χ3n) is 5.41. The van der Waals surface area contributed by atoms with Crippen LogP contribution in [0.5, 0.6) is 0 Å². The maximum Gasteiger partial charge on any atom is 0.260 e. The number of rotatable bonds is 3. The van der Waals surface area contributed by atoms with Gasteiger partial charge in [0.2, 0.25) is 6.41 Å². The topological polar surface area (TPSA) is 73.8 Å². The maximum atomic E-state index is 13.2. The Morgan fingerprint density at radius 3 is 2.43 bits per heavy atom. The fraction of sp³-hybridized carbons (Fsp3) is 0.333. The first-order chi connectivity index (χ1) is 13.6. The Balaban J connectivity index is 1.55. The smallest absolute Gasteiger partial charge is 0.260 e. The molecule has 0 aliphatic carbocycles. The molecule has 4 rings (SSSR count). The molecule has 0 saturated carbocycles. The number of pyridine rings is 1. The number of hydrogen-bond donors (Lipinski definition) is 0. The molecule has 0 N–H and O–H groups in total. The number of carbonyl (C=O) groups is 3. The van der Waals surface area contributed by atoms with E-state index in [1.807, 2.05) is 31.2 Å². The van der Waals surface area contributed by atoms with Gasteiger partial charge in [-0.25, -0.2) is 0 Å². The Kier molecular flexibility index (Phi) is 4.81. The van der Waals surface area contributed by atoms with Crippen LogP contribution in [-0.2, 0) is 11.2 Å².